The highest BCUT2D eigenvalue weighted by molar-refractivity contribution is 5.71. The van der Waals surface area contributed by atoms with E-state index in [2.05, 4.69) is 14.6 Å². The first-order valence-electron chi connectivity index (χ1n) is 3.87. The summed E-state index contributed by atoms with van der Waals surface area (Å²) < 4.78 is 33.7. The van der Waals surface area contributed by atoms with Crippen LogP contribution in [0.4, 0.5) is 8.78 Å². The minimum Gasteiger partial charge on any atom is -0.448 e. The van der Waals surface area contributed by atoms with Crippen LogP contribution in [-0.4, -0.2) is 16.5 Å². The summed E-state index contributed by atoms with van der Waals surface area (Å²) in [5.41, 5.74) is 0. The van der Waals surface area contributed by atoms with Crippen molar-refractivity contribution in [2.45, 2.75) is 6.43 Å². The van der Waals surface area contributed by atoms with E-state index in [1.807, 2.05) is 0 Å². The van der Waals surface area contributed by atoms with Crippen molar-refractivity contribution >= 4 is 6.29 Å². The summed E-state index contributed by atoms with van der Waals surface area (Å²) in [6.07, 6.45) is -2.35. The molecule has 2 heterocycles. The maximum Gasteiger partial charge on any atom is 0.314 e. The molecule has 0 radical (unpaired) electrons. The number of carbonyl (C=O) groups is 1. The third-order valence-electron chi connectivity index (χ3n) is 1.58. The second-order valence-electron chi connectivity index (χ2n) is 2.57. The van der Waals surface area contributed by atoms with Gasteiger partial charge in [-0.25, -0.2) is 0 Å². The van der Waals surface area contributed by atoms with Crippen LogP contribution in [0.1, 0.15) is 22.9 Å². The van der Waals surface area contributed by atoms with Gasteiger partial charge in [0.05, 0.1) is 0 Å². The van der Waals surface area contributed by atoms with Crippen molar-refractivity contribution in [2.24, 2.45) is 0 Å². The molecule has 0 N–H and O–H groups in total. The zero-order valence-electron chi connectivity index (χ0n) is 7.18. The molecular weight excluding hydrogens is 210 g/mol. The molecule has 0 saturated carbocycles. The van der Waals surface area contributed by atoms with E-state index >= 15 is 0 Å². The molecule has 78 valence electrons. The number of aldehydes is 1. The number of nitrogens with zero attached hydrogens (tertiary/aromatic N) is 2. The van der Waals surface area contributed by atoms with Gasteiger partial charge in [-0.05, 0) is 12.1 Å². The van der Waals surface area contributed by atoms with Crippen LogP contribution in [0.3, 0.4) is 0 Å². The van der Waals surface area contributed by atoms with Crippen molar-refractivity contribution in [1.29, 1.82) is 0 Å². The first kappa shape index (κ1) is 9.50. The molecule has 5 nitrogen and oxygen atoms in total. The Morgan fingerprint density at radius 2 is 2.07 bits per heavy atom. The van der Waals surface area contributed by atoms with Gasteiger partial charge in [0.1, 0.15) is 0 Å². The van der Waals surface area contributed by atoms with Crippen molar-refractivity contribution in [3.8, 4) is 11.7 Å². The Balaban J connectivity index is 2.32. The molecule has 0 fully saturated rings. The highest BCUT2D eigenvalue weighted by atomic mass is 19.3. The molecule has 2 aromatic heterocycles. The van der Waals surface area contributed by atoms with Crippen LogP contribution in [-0.2, 0) is 0 Å². The number of furan rings is 1. The van der Waals surface area contributed by atoms with Crippen LogP contribution >= 0.6 is 0 Å². The lowest BCUT2D eigenvalue weighted by Gasteiger charge is -1.87. The van der Waals surface area contributed by atoms with Crippen molar-refractivity contribution in [3.05, 3.63) is 23.8 Å². The van der Waals surface area contributed by atoms with E-state index < -0.39 is 12.3 Å². The summed E-state index contributed by atoms with van der Waals surface area (Å²) in [7, 11) is 0. The maximum absolute atomic E-state index is 12.1. The van der Waals surface area contributed by atoms with E-state index in [9.17, 15) is 13.6 Å². The molecule has 0 aromatic carbocycles. The van der Waals surface area contributed by atoms with Gasteiger partial charge in [-0.2, -0.15) is 8.78 Å². The highest BCUT2D eigenvalue weighted by Gasteiger charge is 2.18. The first-order chi connectivity index (χ1) is 7.20. The average Bonchev–Trinajstić information content (AvgIpc) is 2.86. The predicted molar refractivity (Wildman–Crippen MR) is 42.3 cm³/mol. The third kappa shape index (κ3) is 1.76. The highest BCUT2D eigenvalue weighted by Crippen LogP contribution is 2.24. The molecule has 0 aliphatic carbocycles. The normalized spacial score (nSPS) is 10.9. The Hall–Kier alpha value is -2.05. The summed E-state index contributed by atoms with van der Waals surface area (Å²) in [4.78, 5) is 10.3. The second-order valence-corrected chi connectivity index (χ2v) is 2.57. The average molecular weight is 214 g/mol. The molecule has 0 amide bonds. The summed E-state index contributed by atoms with van der Waals surface area (Å²) in [6, 6.07) is 2.75. The van der Waals surface area contributed by atoms with Gasteiger partial charge in [0.2, 0.25) is 0 Å². The van der Waals surface area contributed by atoms with Gasteiger partial charge >= 0.3 is 6.43 Å². The summed E-state index contributed by atoms with van der Waals surface area (Å²) in [6.45, 7) is 0. The second kappa shape index (κ2) is 3.60. The molecular formula is C8H4F2N2O3. The number of aromatic nitrogens is 2. The minimum absolute atomic E-state index is 0.0572. The lowest BCUT2D eigenvalue weighted by molar-refractivity contribution is 0.109. The Bertz CT molecular complexity index is 478. The lowest BCUT2D eigenvalue weighted by Crippen LogP contribution is -1.81. The fourth-order valence-corrected chi connectivity index (χ4v) is 0.953. The fourth-order valence-electron chi connectivity index (χ4n) is 0.953. The monoisotopic (exact) mass is 214 g/mol. The van der Waals surface area contributed by atoms with Gasteiger partial charge in [0.25, 0.3) is 11.8 Å². The van der Waals surface area contributed by atoms with Crippen LogP contribution in [0.15, 0.2) is 21.0 Å². The Morgan fingerprint density at radius 1 is 1.27 bits per heavy atom. The van der Waals surface area contributed by atoms with E-state index in [1.54, 1.807) is 0 Å². The first-order valence-corrected chi connectivity index (χ1v) is 3.87. The molecule has 0 bridgehead atoms. The van der Waals surface area contributed by atoms with E-state index in [0.29, 0.717) is 6.29 Å². The maximum atomic E-state index is 12.1. The van der Waals surface area contributed by atoms with E-state index in [4.69, 9.17) is 4.42 Å². The van der Waals surface area contributed by atoms with E-state index in [1.165, 1.54) is 12.1 Å². The summed E-state index contributed by atoms with van der Waals surface area (Å²) in [5.74, 6) is -0.828. The standard InChI is InChI=1S/C8H4F2N2O3/c9-6(10)8-12-11-7(15-8)5-2-1-4(3-13)14-5/h1-3,6H. The van der Waals surface area contributed by atoms with Crippen LogP contribution in [0, 0.1) is 0 Å². The Kier molecular flexibility index (Phi) is 2.28. The number of alkyl halides is 2. The molecule has 2 rings (SSSR count). The summed E-state index contributed by atoms with van der Waals surface area (Å²) in [5, 5.41) is 6.46. The SMILES string of the molecule is O=Cc1ccc(-c2nnc(C(F)F)o2)o1. The Morgan fingerprint density at radius 3 is 2.60 bits per heavy atom. The van der Waals surface area contributed by atoms with Gasteiger partial charge in [0.15, 0.2) is 17.8 Å². The third-order valence-corrected chi connectivity index (χ3v) is 1.58. The number of hydrogen-bond acceptors (Lipinski definition) is 5. The summed E-state index contributed by atoms with van der Waals surface area (Å²) >= 11 is 0. The quantitative estimate of drug-likeness (QED) is 0.731. The van der Waals surface area contributed by atoms with Crippen LogP contribution in [0.2, 0.25) is 0 Å². The molecule has 7 heteroatoms. The topological polar surface area (TPSA) is 69.1 Å². The van der Waals surface area contributed by atoms with Crippen molar-refractivity contribution in [2.75, 3.05) is 0 Å². The molecule has 0 saturated heterocycles. The number of hydrogen-bond donors (Lipinski definition) is 0. The number of halogens is 2. The molecule has 2 aromatic rings. The van der Waals surface area contributed by atoms with Crippen molar-refractivity contribution in [3.63, 3.8) is 0 Å². The van der Waals surface area contributed by atoms with Crippen molar-refractivity contribution < 1.29 is 22.4 Å². The molecule has 0 spiro atoms. The smallest absolute Gasteiger partial charge is 0.314 e. The van der Waals surface area contributed by atoms with Crippen LogP contribution in [0.5, 0.6) is 0 Å². The van der Waals surface area contributed by atoms with E-state index in [-0.39, 0.29) is 17.4 Å². The van der Waals surface area contributed by atoms with Gasteiger partial charge < -0.3 is 8.83 Å². The van der Waals surface area contributed by atoms with Gasteiger partial charge in [-0.15, -0.1) is 10.2 Å². The molecule has 0 unspecified atom stereocenters. The van der Waals surface area contributed by atoms with Crippen LogP contribution < -0.4 is 0 Å². The molecule has 0 atom stereocenters. The lowest BCUT2D eigenvalue weighted by atomic mass is 10.4. The van der Waals surface area contributed by atoms with Crippen LogP contribution in [0.25, 0.3) is 11.7 Å². The molecule has 0 aliphatic heterocycles. The van der Waals surface area contributed by atoms with Gasteiger partial charge in [-0.1, -0.05) is 0 Å². The van der Waals surface area contributed by atoms with Gasteiger partial charge in [0, 0.05) is 0 Å². The minimum atomic E-state index is -2.83. The number of carbonyl (C=O) groups excluding carboxylic acids is 1. The molecule has 15 heavy (non-hydrogen) atoms. The molecule has 0 aliphatic rings. The number of rotatable bonds is 3. The van der Waals surface area contributed by atoms with Crippen molar-refractivity contribution in [1.82, 2.24) is 10.2 Å². The largest absolute Gasteiger partial charge is 0.448 e. The zero-order valence-corrected chi connectivity index (χ0v) is 7.18. The zero-order chi connectivity index (χ0) is 10.8. The predicted octanol–water partition coefficient (Wildman–Crippen LogP) is 2.08. The van der Waals surface area contributed by atoms with Gasteiger partial charge in [-0.3, -0.25) is 4.79 Å². The fraction of sp³-hybridized carbons (Fsp3) is 0.125. The van der Waals surface area contributed by atoms with E-state index in [0.717, 1.165) is 0 Å². The Labute approximate surface area is 81.7 Å².